The van der Waals surface area contributed by atoms with E-state index in [2.05, 4.69) is 21.6 Å². The van der Waals surface area contributed by atoms with Gasteiger partial charge in [0, 0.05) is 5.56 Å². The number of amides is 1. The summed E-state index contributed by atoms with van der Waals surface area (Å²) in [6.45, 7) is 3.78. The van der Waals surface area contributed by atoms with Crippen LogP contribution in [0.1, 0.15) is 44.6 Å². The second-order valence-electron chi connectivity index (χ2n) is 6.75. The van der Waals surface area contributed by atoms with E-state index in [0.29, 0.717) is 24.0 Å². The number of thioether (sulfide) groups is 1. The Morgan fingerprint density at radius 3 is 2.81 bits per heavy atom. The third kappa shape index (κ3) is 4.25. The van der Waals surface area contributed by atoms with Gasteiger partial charge in [-0.2, -0.15) is 5.26 Å². The summed E-state index contributed by atoms with van der Waals surface area (Å²) >= 11 is 1.21. The molecular formula is C19H22N4O2S. The van der Waals surface area contributed by atoms with Crippen LogP contribution in [-0.2, 0) is 4.79 Å². The number of nitrogens with zero attached hydrogens (tertiary/aromatic N) is 3. The van der Waals surface area contributed by atoms with Gasteiger partial charge in [0.05, 0.1) is 11.3 Å². The van der Waals surface area contributed by atoms with E-state index in [1.807, 2.05) is 31.2 Å². The molecule has 1 aromatic heterocycles. The Morgan fingerprint density at radius 2 is 2.12 bits per heavy atom. The zero-order chi connectivity index (χ0) is 18.6. The number of carbonyl (C=O) groups excluding carboxylic acids is 1. The molecule has 1 aromatic carbocycles. The van der Waals surface area contributed by atoms with Gasteiger partial charge in [-0.25, -0.2) is 0 Å². The predicted molar refractivity (Wildman–Crippen MR) is 99.4 cm³/mol. The maximum Gasteiger partial charge on any atom is 0.277 e. The quantitative estimate of drug-likeness (QED) is 0.803. The van der Waals surface area contributed by atoms with Crippen molar-refractivity contribution in [2.45, 2.75) is 62.0 Å². The lowest BCUT2D eigenvalue weighted by molar-refractivity contribution is -0.122. The molecular weight excluding hydrogens is 348 g/mol. The van der Waals surface area contributed by atoms with Gasteiger partial charge >= 0.3 is 0 Å². The standard InChI is InChI=1S/C19H22N4O2S/c1-13-7-6-8-15(11-13)17-22-23-18(25-17)26-14(2)16(24)21-19(12-20)9-4-3-5-10-19/h6-8,11,14H,3-5,9-10H2,1-2H3,(H,21,24)/t14-/m0/s1. The van der Waals surface area contributed by atoms with Crippen molar-refractivity contribution in [2.24, 2.45) is 0 Å². The zero-order valence-corrected chi connectivity index (χ0v) is 15.8. The van der Waals surface area contributed by atoms with Gasteiger partial charge in [0.15, 0.2) is 0 Å². The lowest BCUT2D eigenvalue weighted by Gasteiger charge is -2.32. The number of hydrogen-bond acceptors (Lipinski definition) is 6. The molecule has 1 aliphatic rings. The molecule has 1 saturated carbocycles. The van der Waals surface area contributed by atoms with E-state index in [4.69, 9.17) is 4.42 Å². The van der Waals surface area contributed by atoms with E-state index < -0.39 is 10.8 Å². The molecule has 1 heterocycles. The maximum atomic E-state index is 12.5. The number of rotatable bonds is 5. The first kappa shape index (κ1) is 18.5. The highest BCUT2D eigenvalue weighted by atomic mass is 32.2. The van der Waals surface area contributed by atoms with E-state index >= 15 is 0 Å². The number of aromatic nitrogens is 2. The van der Waals surface area contributed by atoms with Crippen molar-refractivity contribution in [2.75, 3.05) is 0 Å². The normalized spacial score (nSPS) is 17.3. The highest BCUT2D eigenvalue weighted by Gasteiger charge is 2.35. The van der Waals surface area contributed by atoms with Crippen molar-refractivity contribution in [1.82, 2.24) is 15.5 Å². The average molecular weight is 370 g/mol. The molecule has 1 amide bonds. The van der Waals surface area contributed by atoms with Gasteiger partial charge in [0.2, 0.25) is 11.8 Å². The second kappa shape index (κ2) is 7.92. The van der Waals surface area contributed by atoms with Gasteiger partial charge in [0.1, 0.15) is 5.54 Å². The topological polar surface area (TPSA) is 91.8 Å². The smallest absolute Gasteiger partial charge is 0.277 e. The summed E-state index contributed by atoms with van der Waals surface area (Å²) in [4.78, 5) is 12.5. The molecule has 0 saturated heterocycles. The van der Waals surface area contributed by atoms with Crippen molar-refractivity contribution in [1.29, 1.82) is 5.26 Å². The molecule has 1 N–H and O–H groups in total. The minimum atomic E-state index is -0.730. The number of nitriles is 1. The molecule has 26 heavy (non-hydrogen) atoms. The fraction of sp³-hybridized carbons (Fsp3) is 0.474. The predicted octanol–water partition coefficient (Wildman–Crippen LogP) is 3.87. The molecule has 6 nitrogen and oxygen atoms in total. The summed E-state index contributed by atoms with van der Waals surface area (Å²) < 4.78 is 5.68. The summed E-state index contributed by atoms with van der Waals surface area (Å²) in [5, 5.41) is 20.5. The van der Waals surface area contributed by atoms with Gasteiger partial charge in [-0.15, -0.1) is 10.2 Å². The van der Waals surface area contributed by atoms with Crippen LogP contribution in [0.4, 0.5) is 0 Å². The van der Waals surface area contributed by atoms with Gasteiger partial charge in [0.25, 0.3) is 5.22 Å². The Kier molecular flexibility index (Phi) is 5.62. The number of aryl methyl sites for hydroxylation is 1. The van der Waals surface area contributed by atoms with Crippen molar-refractivity contribution >= 4 is 17.7 Å². The van der Waals surface area contributed by atoms with Crippen LogP contribution in [0.5, 0.6) is 0 Å². The molecule has 0 radical (unpaired) electrons. The molecule has 1 fully saturated rings. The van der Waals surface area contributed by atoms with Gasteiger partial charge in [-0.05, 0) is 38.8 Å². The SMILES string of the molecule is Cc1cccc(-c2nnc(S[C@@H](C)C(=O)NC3(C#N)CCCCC3)o2)c1. The maximum absolute atomic E-state index is 12.5. The summed E-state index contributed by atoms with van der Waals surface area (Å²) in [6, 6.07) is 10.1. The van der Waals surface area contributed by atoms with Crippen LogP contribution in [-0.4, -0.2) is 26.9 Å². The Balaban J connectivity index is 1.63. The number of nitrogens with one attached hydrogen (secondary N) is 1. The number of carbonyl (C=O) groups is 1. The molecule has 1 aliphatic carbocycles. The molecule has 0 unspecified atom stereocenters. The van der Waals surface area contributed by atoms with Crippen LogP contribution in [0.15, 0.2) is 33.9 Å². The van der Waals surface area contributed by atoms with E-state index in [1.54, 1.807) is 6.92 Å². The molecule has 2 aromatic rings. The Morgan fingerprint density at radius 1 is 1.35 bits per heavy atom. The monoisotopic (exact) mass is 370 g/mol. The Bertz CT molecular complexity index is 821. The molecule has 0 bridgehead atoms. The summed E-state index contributed by atoms with van der Waals surface area (Å²) in [7, 11) is 0. The molecule has 7 heteroatoms. The number of benzene rings is 1. The van der Waals surface area contributed by atoms with Crippen molar-refractivity contribution in [3.05, 3.63) is 29.8 Å². The van der Waals surface area contributed by atoms with Gasteiger partial charge < -0.3 is 9.73 Å². The van der Waals surface area contributed by atoms with Gasteiger partial charge in [-0.3, -0.25) is 4.79 Å². The third-order valence-electron chi connectivity index (χ3n) is 4.60. The largest absolute Gasteiger partial charge is 0.411 e. The van der Waals surface area contributed by atoms with Crippen LogP contribution < -0.4 is 5.32 Å². The Hall–Kier alpha value is -2.33. The van der Waals surface area contributed by atoms with E-state index in [0.717, 1.165) is 30.4 Å². The van der Waals surface area contributed by atoms with Crippen molar-refractivity contribution in [3.8, 4) is 17.5 Å². The van der Waals surface area contributed by atoms with Crippen LogP contribution in [0, 0.1) is 18.3 Å². The highest BCUT2D eigenvalue weighted by molar-refractivity contribution is 8.00. The van der Waals surface area contributed by atoms with Crippen LogP contribution in [0.25, 0.3) is 11.5 Å². The first-order chi connectivity index (χ1) is 12.5. The lowest BCUT2D eigenvalue weighted by Crippen LogP contribution is -2.50. The Labute approximate surface area is 157 Å². The van der Waals surface area contributed by atoms with E-state index in [-0.39, 0.29) is 5.91 Å². The first-order valence-corrected chi connectivity index (χ1v) is 9.70. The molecule has 1 atom stereocenters. The van der Waals surface area contributed by atoms with Crippen molar-refractivity contribution < 1.29 is 9.21 Å². The van der Waals surface area contributed by atoms with E-state index in [9.17, 15) is 10.1 Å². The second-order valence-corrected chi connectivity index (χ2v) is 8.04. The van der Waals surface area contributed by atoms with Crippen LogP contribution in [0.3, 0.4) is 0 Å². The lowest BCUT2D eigenvalue weighted by atomic mass is 9.83. The summed E-state index contributed by atoms with van der Waals surface area (Å²) in [5.74, 6) is 0.262. The minimum absolute atomic E-state index is 0.172. The average Bonchev–Trinajstić information content (AvgIpc) is 3.11. The molecule has 136 valence electrons. The number of hydrogen-bond donors (Lipinski definition) is 1. The van der Waals surface area contributed by atoms with Crippen molar-refractivity contribution in [3.63, 3.8) is 0 Å². The molecule has 0 spiro atoms. The fourth-order valence-corrected chi connectivity index (χ4v) is 3.80. The van der Waals surface area contributed by atoms with E-state index in [1.165, 1.54) is 11.8 Å². The van der Waals surface area contributed by atoms with Crippen LogP contribution >= 0.6 is 11.8 Å². The summed E-state index contributed by atoms with van der Waals surface area (Å²) in [5.41, 5.74) is 1.23. The zero-order valence-electron chi connectivity index (χ0n) is 15.0. The molecule has 0 aliphatic heterocycles. The van der Waals surface area contributed by atoms with Crippen LogP contribution in [0.2, 0.25) is 0 Å². The minimum Gasteiger partial charge on any atom is -0.411 e. The first-order valence-electron chi connectivity index (χ1n) is 8.82. The third-order valence-corrected chi connectivity index (χ3v) is 5.54. The fourth-order valence-electron chi connectivity index (χ4n) is 3.11. The summed E-state index contributed by atoms with van der Waals surface area (Å²) in [6.07, 6.45) is 4.49. The highest BCUT2D eigenvalue weighted by Crippen LogP contribution is 2.30. The van der Waals surface area contributed by atoms with Gasteiger partial charge in [-0.1, -0.05) is 48.7 Å². The molecule has 3 rings (SSSR count).